The van der Waals surface area contributed by atoms with E-state index in [1.54, 1.807) is 44.1 Å². The number of rotatable bonds is 9. The molecule has 0 fully saturated rings. The van der Waals surface area contributed by atoms with Gasteiger partial charge < -0.3 is 27.4 Å². The van der Waals surface area contributed by atoms with Crippen molar-refractivity contribution in [3.8, 4) is 0 Å². The lowest BCUT2D eigenvalue weighted by Gasteiger charge is -2.10. The van der Waals surface area contributed by atoms with Crippen LogP contribution < -0.4 is 27.4 Å². The van der Waals surface area contributed by atoms with Gasteiger partial charge in [0.25, 0.3) is 11.8 Å². The van der Waals surface area contributed by atoms with Crippen molar-refractivity contribution in [2.45, 2.75) is 26.3 Å². The van der Waals surface area contributed by atoms with Crippen LogP contribution in [0.1, 0.15) is 47.2 Å². The lowest BCUT2D eigenvalue weighted by Crippen LogP contribution is -2.21. The van der Waals surface area contributed by atoms with Crippen LogP contribution in [0, 0.1) is 5.95 Å². The van der Waals surface area contributed by atoms with E-state index in [2.05, 4.69) is 26.0 Å². The first-order valence-corrected chi connectivity index (χ1v) is 11.1. The largest absolute Gasteiger partial charge is 0.383 e. The van der Waals surface area contributed by atoms with Crippen LogP contribution in [-0.2, 0) is 9.59 Å². The van der Waals surface area contributed by atoms with Gasteiger partial charge in [-0.1, -0.05) is 11.6 Å². The first-order valence-electron chi connectivity index (χ1n) is 10.7. The maximum Gasteiger partial charge on any atom is 0.277 e. The minimum atomic E-state index is -1.07. The molecule has 1 aromatic carbocycles. The third-order valence-corrected chi connectivity index (χ3v) is 5.12. The Hall–Kier alpha value is -4.74. The van der Waals surface area contributed by atoms with E-state index < -0.39 is 35.1 Å². The lowest BCUT2D eigenvalue weighted by molar-refractivity contribution is -0.115. The maximum absolute atomic E-state index is 14.3. The van der Waals surface area contributed by atoms with Gasteiger partial charge in [-0.3, -0.25) is 14.4 Å². The highest BCUT2D eigenvalue weighted by Gasteiger charge is 2.27. The smallest absolute Gasteiger partial charge is 0.277 e. The molecule has 0 aliphatic rings. The van der Waals surface area contributed by atoms with Crippen LogP contribution in [0.2, 0.25) is 5.02 Å². The number of nitrogens with zero attached hydrogens (tertiary/aromatic N) is 3. The highest BCUT2D eigenvalue weighted by atomic mass is 35.5. The average Bonchev–Trinajstić information content (AvgIpc) is 3.20. The van der Waals surface area contributed by atoms with Crippen molar-refractivity contribution in [1.82, 2.24) is 14.8 Å². The van der Waals surface area contributed by atoms with E-state index in [0.717, 1.165) is 12.3 Å². The van der Waals surface area contributed by atoms with Crippen molar-refractivity contribution in [2.75, 3.05) is 21.7 Å². The standard InChI is InChI=1S/C23H22ClFN8O4/c1-11(2)33-21(26)18(22(27)36)19(32-33)23(37)31-16-7-14(9-28-20(16)25)30-17(35)8-15(10-34)29-13-5-3-12(24)4-6-13/h3-7,9,11,29H,8,26H2,1-2H3,(H2,27,36)(H,30,35)(H,31,37). The first-order chi connectivity index (χ1) is 17.5. The second-order valence-corrected chi connectivity index (χ2v) is 8.40. The predicted molar refractivity (Wildman–Crippen MR) is 135 cm³/mol. The van der Waals surface area contributed by atoms with Gasteiger partial charge >= 0.3 is 0 Å². The molecule has 0 spiro atoms. The molecule has 14 heteroatoms. The molecule has 3 rings (SSSR count). The fraction of sp³-hybridized carbons (Fsp3) is 0.174. The normalized spacial score (nSPS) is 10.5. The number of aromatic nitrogens is 3. The molecule has 0 unspecified atom stereocenters. The fourth-order valence-corrected chi connectivity index (χ4v) is 3.33. The molecule has 0 aliphatic heterocycles. The van der Waals surface area contributed by atoms with Crippen molar-refractivity contribution < 1.29 is 23.6 Å². The van der Waals surface area contributed by atoms with Gasteiger partial charge in [0.1, 0.15) is 23.0 Å². The number of nitrogens with one attached hydrogen (secondary N) is 3. The summed E-state index contributed by atoms with van der Waals surface area (Å²) in [5.74, 6) is -2.14. The minimum absolute atomic E-state index is 0.0146. The first kappa shape index (κ1) is 26.9. The van der Waals surface area contributed by atoms with E-state index in [1.807, 2.05) is 0 Å². The van der Waals surface area contributed by atoms with Crippen LogP contribution in [0.4, 0.5) is 27.3 Å². The number of benzene rings is 1. The van der Waals surface area contributed by atoms with Crippen LogP contribution in [0.15, 0.2) is 42.2 Å². The average molecular weight is 529 g/mol. The number of nitrogen functional groups attached to an aromatic ring is 1. The second kappa shape index (κ2) is 11.3. The van der Waals surface area contributed by atoms with Gasteiger partial charge in [0.15, 0.2) is 5.69 Å². The van der Waals surface area contributed by atoms with Gasteiger partial charge in [0, 0.05) is 16.8 Å². The molecule has 0 aliphatic carbocycles. The number of nitrogens with two attached hydrogens (primary N) is 2. The lowest BCUT2D eigenvalue weighted by atomic mass is 10.2. The molecule has 0 radical (unpaired) electrons. The van der Waals surface area contributed by atoms with Crippen LogP contribution >= 0.6 is 11.6 Å². The Morgan fingerprint density at radius 3 is 2.41 bits per heavy atom. The van der Waals surface area contributed by atoms with Crippen molar-refractivity contribution in [1.29, 1.82) is 0 Å². The van der Waals surface area contributed by atoms with Crippen molar-refractivity contribution in [3.63, 3.8) is 0 Å². The van der Waals surface area contributed by atoms with Crippen molar-refractivity contribution in [3.05, 3.63) is 64.5 Å². The number of primary amides is 1. The van der Waals surface area contributed by atoms with Gasteiger partial charge in [0.05, 0.1) is 24.0 Å². The summed E-state index contributed by atoms with van der Waals surface area (Å²) in [5, 5.41) is 12.0. The summed E-state index contributed by atoms with van der Waals surface area (Å²) in [6.45, 7) is 3.45. The number of hydrogen-bond donors (Lipinski definition) is 5. The number of carbonyl (C=O) groups is 3. The third kappa shape index (κ3) is 6.48. The Labute approximate surface area is 214 Å². The molecule has 3 amide bonds. The number of amides is 3. The van der Waals surface area contributed by atoms with Crippen LogP contribution in [-0.4, -0.2) is 38.4 Å². The molecule has 7 N–H and O–H groups in total. The van der Waals surface area contributed by atoms with Crippen LogP contribution in [0.5, 0.6) is 0 Å². The molecule has 0 bridgehead atoms. The molecule has 0 atom stereocenters. The topological polar surface area (TPSA) is 187 Å². The zero-order chi connectivity index (χ0) is 27.3. The molecule has 12 nitrogen and oxygen atoms in total. The highest BCUT2D eigenvalue weighted by molar-refractivity contribution is 6.30. The summed E-state index contributed by atoms with van der Waals surface area (Å²) in [4.78, 5) is 51.9. The number of hydrogen-bond acceptors (Lipinski definition) is 8. The van der Waals surface area contributed by atoms with Gasteiger partial charge in [-0.05, 0) is 44.2 Å². The summed E-state index contributed by atoms with van der Waals surface area (Å²) in [7, 11) is 0. The zero-order valence-corrected chi connectivity index (χ0v) is 20.4. The van der Waals surface area contributed by atoms with Gasteiger partial charge in [-0.2, -0.15) is 9.49 Å². The highest BCUT2D eigenvalue weighted by Crippen LogP contribution is 2.23. The Morgan fingerprint density at radius 2 is 1.81 bits per heavy atom. The summed E-state index contributed by atoms with van der Waals surface area (Å²) in [6, 6.07) is 7.22. The Balaban J connectivity index is 1.74. The summed E-state index contributed by atoms with van der Waals surface area (Å²) < 4.78 is 15.6. The minimum Gasteiger partial charge on any atom is -0.383 e. The molecule has 2 heterocycles. The van der Waals surface area contributed by atoms with Crippen LogP contribution in [0.3, 0.4) is 0 Å². The molecule has 0 saturated carbocycles. The predicted octanol–water partition coefficient (Wildman–Crippen LogP) is 2.74. The van der Waals surface area contributed by atoms with Crippen molar-refractivity contribution >= 4 is 58.1 Å². The van der Waals surface area contributed by atoms with E-state index in [9.17, 15) is 23.6 Å². The van der Waals surface area contributed by atoms with Gasteiger partial charge in [-0.25, -0.2) is 14.5 Å². The Morgan fingerprint density at radius 1 is 1.14 bits per heavy atom. The molecule has 37 heavy (non-hydrogen) atoms. The van der Waals surface area contributed by atoms with E-state index in [1.165, 1.54) is 4.68 Å². The Bertz CT molecular complexity index is 1410. The number of anilines is 4. The van der Waals surface area contributed by atoms with E-state index in [0.29, 0.717) is 10.7 Å². The zero-order valence-electron chi connectivity index (χ0n) is 19.6. The summed E-state index contributed by atoms with van der Waals surface area (Å²) in [5.41, 5.74) is 10.6. The van der Waals surface area contributed by atoms with E-state index >= 15 is 0 Å². The second-order valence-electron chi connectivity index (χ2n) is 7.97. The van der Waals surface area contributed by atoms with E-state index in [-0.39, 0.29) is 35.2 Å². The molecule has 0 saturated heterocycles. The molecular weight excluding hydrogens is 507 g/mol. The van der Waals surface area contributed by atoms with Crippen molar-refractivity contribution in [2.24, 2.45) is 5.73 Å². The maximum atomic E-state index is 14.3. The quantitative estimate of drug-likeness (QED) is 0.207. The molecule has 3 aromatic rings. The summed E-state index contributed by atoms with van der Waals surface area (Å²) >= 11 is 5.82. The molecular formula is C23H22ClFN8O4. The summed E-state index contributed by atoms with van der Waals surface area (Å²) in [6.07, 6.45) is 0.624. The fourth-order valence-electron chi connectivity index (χ4n) is 3.21. The number of carbonyl (C=O) groups excluding carboxylic acids is 4. The number of halogens is 2. The molecule has 2 aromatic heterocycles. The SMILES string of the molecule is CC(C)n1nc(C(=O)Nc2cc(NC(=O)CC(=C=O)Nc3ccc(Cl)cc3)cnc2F)c(C(N)=O)c1N. The monoisotopic (exact) mass is 528 g/mol. The van der Waals surface area contributed by atoms with E-state index in [4.69, 9.17) is 23.1 Å². The Kier molecular flexibility index (Phi) is 8.23. The molecule has 192 valence electrons. The van der Waals surface area contributed by atoms with Gasteiger partial charge in [-0.15, -0.1) is 0 Å². The van der Waals surface area contributed by atoms with Crippen LogP contribution in [0.25, 0.3) is 0 Å². The van der Waals surface area contributed by atoms with Gasteiger partial charge in [0.2, 0.25) is 11.9 Å². The number of pyridine rings is 1. The third-order valence-electron chi connectivity index (χ3n) is 4.87.